The van der Waals surface area contributed by atoms with Gasteiger partial charge in [-0.2, -0.15) is 5.26 Å². The van der Waals surface area contributed by atoms with Crippen molar-refractivity contribution in [2.75, 3.05) is 17.7 Å². The van der Waals surface area contributed by atoms with Gasteiger partial charge in [0.2, 0.25) is 0 Å². The first-order valence-corrected chi connectivity index (χ1v) is 6.37. The first-order chi connectivity index (χ1) is 10.1. The molecule has 0 bridgehead atoms. The molecule has 106 valence electrons. The molecule has 0 aliphatic rings. The van der Waals surface area contributed by atoms with Crippen molar-refractivity contribution in [2.24, 2.45) is 0 Å². The number of ether oxygens (including phenoxy) is 1. The van der Waals surface area contributed by atoms with Crippen LogP contribution in [0.1, 0.15) is 11.1 Å². The summed E-state index contributed by atoms with van der Waals surface area (Å²) < 4.78 is 5.36. The third-order valence-corrected chi connectivity index (χ3v) is 2.86. The highest BCUT2D eigenvalue weighted by Crippen LogP contribution is 2.18. The van der Waals surface area contributed by atoms with Crippen molar-refractivity contribution in [2.45, 2.75) is 6.92 Å². The van der Waals surface area contributed by atoms with E-state index in [1.54, 1.807) is 42.5 Å². The maximum Gasteiger partial charge on any atom is 0.262 e. The lowest BCUT2D eigenvalue weighted by Gasteiger charge is -2.10. The van der Waals surface area contributed by atoms with Crippen LogP contribution in [0.25, 0.3) is 0 Å². The van der Waals surface area contributed by atoms with E-state index < -0.39 is 0 Å². The Balaban J connectivity index is 1.94. The molecule has 2 aromatic carbocycles. The number of aryl methyl sites for hydroxylation is 1. The van der Waals surface area contributed by atoms with Crippen molar-refractivity contribution in [3.8, 4) is 11.8 Å². The van der Waals surface area contributed by atoms with Gasteiger partial charge in [-0.3, -0.25) is 4.79 Å². The molecule has 0 heterocycles. The third kappa shape index (κ3) is 3.98. The standard InChI is InChI=1S/C16H15N3O2/c1-11-7-13(18)5-6-15(11)19-16(20)10-21-14-4-2-3-12(8-14)9-17/h2-8H,10,18H2,1H3,(H,19,20). The lowest BCUT2D eigenvalue weighted by molar-refractivity contribution is -0.118. The molecule has 5 nitrogen and oxygen atoms in total. The van der Waals surface area contributed by atoms with E-state index in [1.807, 2.05) is 13.0 Å². The summed E-state index contributed by atoms with van der Waals surface area (Å²) in [6.07, 6.45) is 0. The minimum Gasteiger partial charge on any atom is -0.484 e. The SMILES string of the molecule is Cc1cc(N)ccc1NC(=O)COc1cccc(C#N)c1. The van der Waals surface area contributed by atoms with Crippen molar-refractivity contribution in [3.05, 3.63) is 53.6 Å². The molecular formula is C16H15N3O2. The molecular weight excluding hydrogens is 266 g/mol. The number of amides is 1. The second-order valence-corrected chi connectivity index (χ2v) is 4.55. The number of nitrogen functional groups attached to an aromatic ring is 1. The second-order valence-electron chi connectivity index (χ2n) is 4.55. The number of nitrogens with one attached hydrogen (secondary N) is 1. The molecule has 3 N–H and O–H groups in total. The summed E-state index contributed by atoms with van der Waals surface area (Å²) in [6, 6.07) is 13.9. The number of hydrogen-bond donors (Lipinski definition) is 2. The van der Waals surface area contributed by atoms with E-state index in [-0.39, 0.29) is 12.5 Å². The van der Waals surface area contributed by atoms with Crippen LogP contribution in [0.2, 0.25) is 0 Å². The lowest BCUT2D eigenvalue weighted by Crippen LogP contribution is -2.20. The average Bonchev–Trinajstić information content (AvgIpc) is 2.48. The predicted octanol–water partition coefficient (Wildman–Crippen LogP) is 2.47. The Morgan fingerprint density at radius 2 is 2.14 bits per heavy atom. The molecule has 0 aromatic heterocycles. The van der Waals surface area contributed by atoms with E-state index >= 15 is 0 Å². The van der Waals surface area contributed by atoms with E-state index in [0.29, 0.717) is 22.7 Å². The maximum atomic E-state index is 11.8. The normalized spacial score (nSPS) is 9.71. The predicted molar refractivity (Wildman–Crippen MR) is 80.9 cm³/mol. The topological polar surface area (TPSA) is 88.1 Å². The van der Waals surface area contributed by atoms with Crippen LogP contribution in [-0.4, -0.2) is 12.5 Å². The van der Waals surface area contributed by atoms with Gasteiger partial charge in [-0.25, -0.2) is 0 Å². The number of hydrogen-bond acceptors (Lipinski definition) is 4. The minimum absolute atomic E-state index is 0.126. The minimum atomic E-state index is -0.273. The summed E-state index contributed by atoms with van der Waals surface area (Å²) in [5, 5.41) is 11.5. The number of carbonyl (C=O) groups is 1. The van der Waals surface area contributed by atoms with Crippen LogP contribution in [0.3, 0.4) is 0 Å². The maximum absolute atomic E-state index is 11.8. The van der Waals surface area contributed by atoms with Crippen molar-refractivity contribution >= 4 is 17.3 Å². The molecule has 0 radical (unpaired) electrons. The molecule has 0 atom stereocenters. The highest BCUT2D eigenvalue weighted by molar-refractivity contribution is 5.92. The Bertz CT molecular complexity index is 705. The van der Waals surface area contributed by atoms with Gasteiger partial charge in [0, 0.05) is 11.4 Å². The van der Waals surface area contributed by atoms with Crippen LogP contribution >= 0.6 is 0 Å². The van der Waals surface area contributed by atoms with Gasteiger partial charge in [0.05, 0.1) is 11.6 Å². The van der Waals surface area contributed by atoms with E-state index in [9.17, 15) is 4.79 Å². The van der Waals surface area contributed by atoms with Gasteiger partial charge in [-0.05, 0) is 48.9 Å². The van der Waals surface area contributed by atoms with Crippen molar-refractivity contribution in [1.82, 2.24) is 0 Å². The zero-order valence-electron chi connectivity index (χ0n) is 11.6. The fraction of sp³-hybridized carbons (Fsp3) is 0.125. The summed E-state index contributed by atoms with van der Waals surface area (Å²) in [5.74, 6) is 0.212. The Morgan fingerprint density at radius 1 is 1.33 bits per heavy atom. The Kier molecular flexibility index (Phi) is 4.42. The highest BCUT2D eigenvalue weighted by atomic mass is 16.5. The highest BCUT2D eigenvalue weighted by Gasteiger charge is 2.06. The Labute approximate surface area is 123 Å². The van der Waals surface area contributed by atoms with Gasteiger partial charge in [0.1, 0.15) is 5.75 Å². The molecule has 0 saturated carbocycles. The number of carbonyl (C=O) groups excluding carboxylic acids is 1. The summed E-state index contributed by atoms with van der Waals surface area (Å²) in [7, 11) is 0. The smallest absolute Gasteiger partial charge is 0.262 e. The Hall–Kier alpha value is -3.00. The summed E-state index contributed by atoms with van der Waals surface area (Å²) in [6.45, 7) is 1.74. The van der Waals surface area contributed by atoms with Crippen molar-refractivity contribution in [3.63, 3.8) is 0 Å². The van der Waals surface area contributed by atoms with Crippen LogP contribution in [0.5, 0.6) is 5.75 Å². The van der Waals surface area contributed by atoms with E-state index in [2.05, 4.69) is 5.32 Å². The van der Waals surface area contributed by atoms with Gasteiger partial charge in [-0.1, -0.05) is 6.07 Å². The van der Waals surface area contributed by atoms with Gasteiger partial charge in [0.15, 0.2) is 6.61 Å². The first-order valence-electron chi connectivity index (χ1n) is 6.37. The number of nitriles is 1. The first kappa shape index (κ1) is 14.4. The molecule has 1 amide bonds. The summed E-state index contributed by atoms with van der Waals surface area (Å²) in [5.41, 5.74) is 8.37. The van der Waals surface area contributed by atoms with Gasteiger partial charge in [0.25, 0.3) is 5.91 Å². The molecule has 0 spiro atoms. The molecule has 5 heteroatoms. The zero-order valence-corrected chi connectivity index (χ0v) is 11.6. The number of nitrogens with two attached hydrogens (primary N) is 1. The monoisotopic (exact) mass is 281 g/mol. The zero-order chi connectivity index (χ0) is 15.2. The lowest BCUT2D eigenvalue weighted by atomic mass is 10.2. The molecule has 0 aliphatic heterocycles. The van der Waals surface area contributed by atoms with Crippen LogP contribution < -0.4 is 15.8 Å². The van der Waals surface area contributed by atoms with E-state index in [0.717, 1.165) is 5.56 Å². The van der Waals surface area contributed by atoms with Crippen LogP contribution in [0, 0.1) is 18.3 Å². The molecule has 0 aliphatic carbocycles. The van der Waals surface area contributed by atoms with Crippen molar-refractivity contribution < 1.29 is 9.53 Å². The second kappa shape index (κ2) is 6.44. The van der Waals surface area contributed by atoms with Gasteiger partial charge >= 0.3 is 0 Å². The van der Waals surface area contributed by atoms with Gasteiger partial charge in [-0.15, -0.1) is 0 Å². The van der Waals surface area contributed by atoms with E-state index in [1.165, 1.54) is 0 Å². The van der Waals surface area contributed by atoms with Crippen LogP contribution in [0.15, 0.2) is 42.5 Å². The molecule has 0 saturated heterocycles. The average molecular weight is 281 g/mol. The molecule has 0 fully saturated rings. The quantitative estimate of drug-likeness (QED) is 0.843. The fourth-order valence-electron chi connectivity index (χ4n) is 1.82. The molecule has 2 aromatic rings. The number of benzene rings is 2. The number of rotatable bonds is 4. The molecule has 2 rings (SSSR count). The third-order valence-electron chi connectivity index (χ3n) is 2.86. The number of nitrogens with zero attached hydrogens (tertiary/aromatic N) is 1. The number of anilines is 2. The largest absolute Gasteiger partial charge is 0.484 e. The molecule has 21 heavy (non-hydrogen) atoms. The molecule has 0 unspecified atom stereocenters. The summed E-state index contributed by atoms with van der Waals surface area (Å²) in [4.78, 5) is 11.8. The van der Waals surface area contributed by atoms with Crippen molar-refractivity contribution in [1.29, 1.82) is 5.26 Å². The van der Waals surface area contributed by atoms with Crippen LogP contribution in [-0.2, 0) is 4.79 Å². The van der Waals surface area contributed by atoms with Crippen LogP contribution in [0.4, 0.5) is 11.4 Å². The summed E-state index contributed by atoms with van der Waals surface area (Å²) >= 11 is 0. The van der Waals surface area contributed by atoms with Gasteiger partial charge < -0.3 is 15.8 Å². The fourth-order valence-corrected chi connectivity index (χ4v) is 1.82. The Morgan fingerprint density at radius 3 is 2.86 bits per heavy atom. The van der Waals surface area contributed by atoms with E-state index in [4.69, 9.17) is 15.7 Å².